The van der Waals surface area contributed by atoms with Gasteiger partial charge in [0.05, 0.1) is 5.71 Å². The lowest BCUT2D eigenvalue weighted by Crippen LogP contribution is -2.25. The average molecular weight is 192 g/mol. The van der Waals surface area contributed by atoms with Gasteiger partial charge in [0.15, 0.2) is 0 Å². The van der Waals surface area contributed by atoms with Crippen molar-refractivity contribution in [1.82, 2.24) is 4.90 Å². The molecule has 4 atom stereocenters. The van der Waals surface area contributed by atoms with Gasteiger partial charge in [-0.05, 0) is 18.3 Å². The maximum absolute atomic E-state index is 10.5. The van der Waals surface area contributed by atoms with Crippen molar-refractivity contribution >= 4 is 12.1 Å². The summed E-state index contributed by atoms with van der Waals surface area (Å²) in [6, 6.07) is 0. The van der Waals surface area contributed by atoms with Gasteiger partial charge in [-0.3, -0.25) is 4.79 Å². The second-order valence-corrected chi connectivity index (χ2v) is 4.92. The Hall–Kier alpha value is -1.06. The summed E-state index contributed by atoms with van der Waals surface area (Å²) in [6.45, 7) is 1.88. The van der Waals surface area contributed by atoms with Crippen LogP contribution in [0.2, 0.25) is 0 Å². The number of hydrogen-bond acceptors (Lipinski definition) is 3. The van der Waals surface area contributed by atoms with Crippen LogP contribution in [0.15, 0.2) is 5.16 Å². The van der Waals surface area contributed by atoms with Crippen molar-refractivity contribution in [3.63, 3.8) is 0 Å². The van der Waals surface area contributed by atoms with Gasteiger partial charge in [-0.15, -0.1) is 0 Å². The minimum Gasteiger partial charge on any atom is -0.392 e. The zero-order valence-corrected chi connectivity index (χ0v) is 7.80. The van der Waals surface area contributed by atoms with E-state index in [1.807, 2.05) is 4.90 Å². The van der Waals surface area contributed by atoms with Gasteiger partial charge in [0.2, 0.25) is 6.41 Å². The lowest BCUT2D eigenvalue weighted by atomic mass is 10.1. The molecule has 4 rings (SSSR count). The van der Waals surface area contributed by atoms with Crippen molar-refractivity contribution in [3.8, 4) is 0 Å². The molecule has 4 heteroatoms. The predicted molar refractivity (Wildman–Crippen MR) is 48.5 cm³/mol. The van der Waals surface area contributed by atoms with E-state index in [1.54, 1.807) is 0 Å². The van der Waals surface area contributed by atoms with Gasteiger partial charge in [-0.25, -0.2) is 0 Å². The molecule has 14 heavy (non-hydrogen) atoms. The number of piperidine rings is 1. The summed E-state index contributed by atoms with van der Waals surface area (Å²) in [5.74, 6) is 2.70. The van der Waals surface area contributed by atoms with E-state index in [-0.39, 0.29) is 0 Å². The number of hydrogen-bond donors (Lipinski definition) is 0. The van der Waals surface area contributed by atoms with Crippen LogP contribution in [0, 0.1) is 23.7 Å². The fraction of sp³-hybridized carbons (Fsp3) is 0.800. The zero-order chi connectivity index (χ0) is 9.28. The summed E-state index contributed by atoms with van der Waals surface area (Å²) in [5, 5.41) is 4.17. The molecule has 0 N–H and O–H groups in total. The summed E-state index contributed by atoms with van der Waals surface area (Å²) in [7, 11) is 0. The molecule has 74 valence electrons. The van der Waals surface area contributed by atoms with Crippen LogP contribution in [0.25, 0.3) is 0 Å². The van der Waals surface area contributed by atoms with Gasteiger partial charge in [-0.1, -0.05) is 5.16 Å². The van der Waals surface area contributed by atoms with Crippen LogP contribution >= 0.6 is 0 Å². The quantitative estimate of drug-likeness (QED) is 0.582. The molecule has 4 aliphatic rings. The first-order valence-electron chi connectivity index (χ1n) is 5.31. The molecule has 4 nitrogen and oxygen atoms in total. The van der Waals surface area contributed by atoms with Crippen LogP contribution in [0.5, 0.6) is 0 Å². The standard InChI is InChI=1S/C10H12N2O2/c13-4-12-2-6-7(3-12)9(6)10-5-1-8(5)14-11-10/h4-9H,1-3H2. The fourth-order valence-corrected chi connectivity index (χ4v) is 3.19. The number of carbonyl (C=O) groups is 1. The maximum atomic E-state index is 10.5. The SMILES string of the molecule is O=CN1CC2C(C1)C2C1=NOC2CC12. The topological polar surface area (TPSA) is 41.9 Å². The Kier molecular flexibility index (Phi) is 1.10. The number of rotatable bonds is 2. The lowest BCUT2D eigenvalue weighted by molar-refractivity contribution is -0.117. The van der Waals surface area contributed by atoms with Crippen LogP contribution < -0.4 is 0 Å². The first-order valence-corrected chi connectivity index (χ1v) is 5.31. The largest absolute Gasteiger partial charge is 0.392 e. The Labute approximate surface area is 81.9 Å². The number of likely N-dealkylation sites (tertiary alicyclic amines) is 1. The summed E-state index contributed by atoms with van der Waals surface area (Å²) in [5.41, 5.74) is 1.32. The third-order valence-corrected chi connectivity index (χ3v) is 4.12. The van der Waals surface area contributed by atoms with Gasteiger partial charge >= 0.3 is 0 Å². The van der Waals surface area contributed by atoms with E-state index < -0.39 is 0 Å². The van der Waals surface area contributed by atoms with Gasteiger partial charge < -0.3 is 9.74 Å². The molecule has 0 aromatic rings. The molecular weight excluding hydrogens is 180 g/mol. The molecule has 2 aliphatic heterocycles. The summed E-state index contributed by atoms with van der Waals surface area (Å²) in [6.07, 6.45) is 2.58. The average Bonchev–Trinajstić information content (AvgIpc) is 3.03. The molecule has 0 aromatic carbocycles. The van der Waals surface area contributed by atoms with Crippen LogP contribution in [-0.2, 0) is 9.63 Å². The molecule has 0 spiro atoms. The van der Waals surface area contributed by atoms with Crippen LogP contribution in [0.1, 0.15) is 6.42 Å². The van der Waals surface area contributed by atoms with Crippen molar-refractivity contribution in [2.45, 2.75) is 12.5 Å². The highest BCUT2D eigenvalue weighted by Crippen LogP contribution is 2.57. The molecule has 0 aromatic heterocycles. The Morgan fingerprint density at radius 1 is 1.43 bits per heavy atom. The second-order valence-electron chi connectivity index (χ2n) is 4.92. The molecule has 1 amide bonds. The van der Waals surface area contributed by atoms with Crippen molar-refractivity contribution in [2.24, 2.45) is 28.8 Å². The van der Waals surface area contributed by atoms with Gasteiger partial charge in [-0.2, -0.15) is 0 Å². The van der Waals surface area contributed by atoms with Crippen molar-refractivity contribution in [1.29, 1.82) is 0 Å². The third kappa shape index (κ3) is 0.751. The van der Waals surface area contributed by atoms with Gasteiger partial charge in [0, 0.05) is 24.9 Å². The maximum Gasteiger partial charge on any atom is 0.209 e. The number of amides is 1. The van der Waals surface area contributed by atoms with Crippen molar-refractivity contribution < 1.29 is 9.63 Å². The number of oxime groups is 1. The molecule has 2 heterocycles. The van der Waals surface area contributed by atoms with E-state index in [9.17, 15) is 4.79 Å². The Morgan fingerprint density at radius 3 is 2.71 bits per heavy atom. The molecule has 2 aliphatic carbocycles. The first kappa shape index (κ1) is 7.26. The molecule has 0 bridgehead atoms. The van der Waals surface area contributed by atoms with Gasteiger partial charge in [0.25, 0.3) is 0 Å². The summed E-state index contributed by atoms with van der Waals surface area (Å²) < 4.78 is 0. The van der Waals surface area contributed by atoms with E-state index >= 15 is 0 Å². The smallest absolute Gasteiger partial charge is 0.209 e. The Balaban J connectivity index is 1.50. The zero-order valence-electron chi connectivity index (χ0n) is 7.80. The number of nitrogens with zero attached hydrogens (tertiary/aromatic N) is 2. The minimum atomic E-state index is 0.425. The van der Waals surface area contributed by atoms with E-state index in [2.05, 4.69) is 5.16 Å². The molecule has 2 saturated carbocycles. The lowest BCUT2D eigenvalue weighted by Gasteiger charge is -2.13. The highest BCUT2D eigenvalue weighted by atomic mass is 16.7. The number of fused-ring (bicyclic) bond motifs is 2. The van der Waals surface area contributed by atoms with Gasteiger partial charge in [0.1, 0.15) is 6.10 Å². The van der Waals surface area contributed by atoms with Crippen LogP contribution in [0.4, 0.5) is 0 Å². The van der Waals surface area contributed by atoms with Crippen LogP contribution in [0.3, 0.4) is 0 Å². The molecule has 1 saturated heterocycles. The van der Waals surface area contributed by atoms with Crippen molar-refractivity contribution in [3.05, 3.63) is 0 Å². The molecule has 3 fully saturated rings. The van der Waals surface area contributed by atoms with Crippen LogP contribution in [-0.4, -0.2) is 36.2 Å². The fourth-order valence-electron chi connectivity index (χ4n) is 3.19. The minimum absolute atomic E-state index is 0.425. The highest BCUT2D eigenvalue weighted by molar-refractivity contribution is 5.95. The first-order chi connectivity index (χ1) is 6.88. The normalized spacial score (nSPS) is 51.9. The Morgan fingerprint density at radius 2 is 2.21 bits per heavy atom. The van der Waals surface area contributed by atoms with E-state index in [1.165, 1.54) is 12.1 Å². The van der Waals surface area contributed by atoms with Crippen molar-refractivity contribution in [2.75, 3.05) is 13.1 Å². The summed E-state index contributed by atoms with van der Waals surface area (Å²) in [4.78, 5) is 17.7. The molecular formula is C10H12N2O2. The highest BCUT2D eigenvalue weighted by Gasteiger charge is 2.64. The van der Waals surface area contributed by atoms with E-state index in [0.717, 1.165) is 19.5 Å². The molecule has 0 radical (unpaired) electrons. The monoisotopic (exact) mass is 192 g/mol. The number of carbonyl (C=O) groups excluding carboxylic acids is 1. The third-order valence-electron chi connectivity index (χ3n) is 4.12. The van der Waals surface area contributed by atoms with E-state index in [0.29, 0.717) is 29.8 Å². The van der Waals surface area contributed by atoms with E-state index in [4.69, 9.17) is 4.84 Å². The predicted octanol–water partition coefficient (Wildman–Crippen LogP) is 0.0953. The Bertz CT molecular complexity index is 329. The summed E-state index contributed by atoms with van der Waals surface area (Å²) >= 11 is 0. The second kappa shape index (κ2) is 2.12. The molecule has 4 unspecified atom stereocenters.